The third-order valence-corrected chi connectivity index (χ3v) is 4.64. The summed E-state index contributed by atoms with van der Waals surface area (Å²) in [5.41, 5.74) is 0.414. The summed E-state index contributed by atoms with van der Waals surface area (Å²) < 4.78 is 16.3. The number of hydrogen-bond donors (Lipinski definition) is 1. The third-order valence-electron chi connectivity index (χ3n) is 4.36. The number of imide groups is 2. The highest BCUT2D eigenvalue weighted by molar-refractivity contribution is 6.39. The summed E-state index contributed by atoms with van der Waals surface area (Å²) in [7, 11) is 1.45. The molecule has 0 aliphatic carbocycles. The van der Waals surface area contributed by atoms with E-state index in [-0.39, 0.29) is 16.3 Å². The van der Waals surface area contributed by atoms with Crippen LogP contribution in [0.25, 0.3) is 6.08 Å². The molecule has 0 aromatic heterocycles. The molecule has 162 valence electrons. The Labute approximate surface area is 184 Å². The monoisotopic (exact) mass is 444 g/mol. The van der Waals surface area contributed by atoms with Crippen LogP contribution in [0.5, 0.6) is 17.2 Å². The third kappa shape index (κ3) is 4.49. The summed E-state index contributed by atoms with van der Waals surface area (Å²) in [4.78, 5) is 38.9. The van der Waals surface area contributed by atoms with Gasteiger partial charge < -0.3 is 14.2 Å². The molecule has 4 amide bonds. The van der Waals surface area contributed by atoms with Gasteiger partial charge >= 0.3 is 6.03 Å². The van der Waals surface area contributed by atoms with Crippen molar-refractivity contribution in [2.45, 2.75) is 13.8 Å². The number of methoxy groups -OCH3 is 1. The molecular weight excluding hydrogens is 424 g/mol. The number of carbonyl (C=O) groups is 3. The van der Waals surface area contributed by atoms with Crippen molar-refractivity contribution in [2.75, 3.05) is 25.2 Å². The van der Waals surface area contributed by atoms with Gasteiger partial charge in [-0.25, -0.2) is 9.69 Å². The number of ether oxygens (including phenoxy) is 3. The van der Waals surface area contributed by atoms with Crippen LogP contribution in [0, 0.1) is 0 Å². The Kier molecular flexibility index (Phi) is 6.81. The summed E-state index contributed by atoms with van der Waals surface area (Å²) in [5.74, 6) is -0.558. The van der Waals surface area contributed by atoms with Crippen LogP contribution < -0.4 is 24.4 Å². The van der Waals surface area contributed by atoms with Crippen molar-refractivity contribution < 1.29 is 28.6 Å². The molecule has 1 saturated heterocycles. The molecule has 2 aromatic carbocycles. The average molecular weight is 445 g/mol. The van der Waals surface area contributed by atoms with E-state index in [2.05, 4.69) is 5.32 Å². The summed E-state index contributed by atoms with van der Waals surface area (Å²) in [6.45, 7) is 4.32. The lowest BCUT2D eigenvalue weighted by Gasteiger charge is -2.27. The van der Waals surface area contributed by atoms with E-state index in [0.717, 1.165) is 4.90 Å². The minimum Gasteiger partial charge on any atom is -0.493 e. The molecule has 1 fully saturated rings. The number of rotatable bonds is 7. The van der Waals surface area contributed by atoms with Gasteiger partial charge in [0.05, 0.1) is 31.0 Å². The van der Waals surface area contributed by atoms with Crippen molar-refractivity contribution in [3.8, 4) is 17.2 Å². The number of anilines is 1. The first-order valence-corrected chi connectivity index (χ1v) is 9.92. The minimum atomic E-state index is -0.860. The summed E-state index contributed by atoms with van der Waals surface area (Å²) >= 11 is 6.29. The molecule has 31 heavy (non-hydrogen) atoms. The van der Waals surface area contributed by atoms with Gasteiger partial charge in [-0.3, -0.25) is 14.9 Å². The number of halogens is 1. The minimum absolute atomic E-state index is 0.229. The first-order valence-electron chi connectivity index (χ1n) is 9.54. The van der Waals surface area contributed by atoms with Gasteiger partial charge in [0, 0.05) is 0 Å². The lowest BCUT2D eigenvalue weighted by molar-refractivity contribution is -0.122. The fourth-order valence-corrected chi connectivity index (χ4v) is 3.34. The van der Waals surface area contributed by atoms with E-state index in [1.807, 2.05) is 6.92 Å². The van der Waals surface area contributed by atoms with Crippen molar-refractivity contribution in [3.05, 3.63) is 52.6 Å². The predicted molar refractivity (Wildman–Crippen MR) is 116 cm³/mol. The standard InChI is InChI=1S/C22H21ClN2O6/c1-4-30-17-9-7-6-8-16(17)25-21(27)14(20(26)24-22(25)28)10-13-11-15(23)19(31-5-2)18(12-13)29-3/h6-12H,4-5H2,1-3H3,(H,24,26,28)/b14-10+. The largest absolute Gasteiger partial charge is 0.493 e. The first kappa shape index (κ1) is 22.2. The number of hydrogen-bond acceptors (Lipinski definition) is 6. The zero-order valence-corrected chi connectivity index (χ0v) is 18.0. The van der Waals surface area contributed by atoms with Gasteiger partial charge in [0.2, 0.25) is 0 Å². The smallest absolute Gasteiger partial charge is 0.336 e. The van der Waals surface area contributed by atoms with Crippen LogP contribution >= 0.6 is 11.6 Å². The van der Waals surface area contributed by atoms with Crippen molar-refractivity contribution in [1.29, 1.82) is 0 Å². The second kappa shape index (κ2) is 9.53. The SMILES string of the molecule is CCOc1ccccc1N1C(=O)NC(=O)/C(=C\c2cc(Cl)c(OCC)c(OC)c2)C1=O. The molecule has 0 saturated carbocycles. The normalized spacial score (nSPS) is 15.2. The Morgan fingerprint density at radius 2 is 1.74 bits per heavy atom. The summed E-state index contributed by atoms with van der Waals surface area (Å²) in [6.07, 6.45) is 1.34. The van der Waals surface area contributed by atoms with E-state index in [1.165, 1.54) is 19.3 Å². The van der Waals surface area contributed by atoms with Crippen molar-refractivity contribution in [2.24, 2.45) is 0 Å². The van der Waals surface area contributed by atoms with Gasteiger partial charge in [0.1, 0.15) is 11.3 Å². The molecule has 0 radical (unpaired) electrons. The summed E-state index contributed by atoms with van der Waals surface area (Å²) in [5, 5.41) is 2.44. The maximum absolute atomic E-state index is 13.1. The highest BCUT2D eigenvalue weighted by atomic mass is 35.5. The van der Waals surface area contributed by atoms with Gasteiger partial charge in [-0.15, -0.1) is 0 Å². The Balaban J connectivity index is 2.05. The van der Waals surface area contributed by atoms with Gasteiger partial charge in [0.15, 0.2) is 11.5 Å². The zero-order chi connectivity index (χ0) is 22.5. The van der Waals surface area contributed by atoms with E-state index < -0.39 is 17.8 Å². The molecule has 3 rings (SSSR count). The van der Waals surface area contributed by atoms with E-state index in [4.69, 9.17) is 25.8 Å². The van der Waals surface area contributed by atoms with Crippen LogP contribution in [0.1, 0.15) is 19.4 Å². The summed E-state index contributed by atoms with van der Waals surface area (Å²) in [6, 6.07) is 8.84. The molecule has 0 atom stereocenters. The van der Waals surface area contributed by atoms with Crippen molar-refractivity contribution in [3.63, 3.8) is 0 Å². The van der Waals surface area contributed by atoms with Gasteiger partial charge in [-0.05, 0) is 49.8 Å². The van der Waals surface area contributed by atoms with Gasteiger partial charge in [-0.1, -0.05) is 23.7 Å². The van der Waals surface area contributed by atoms with Gasteiger partial charge in [-0.2, -0.15) is 0 Å². The molecular formula is C22H21ClN2O6. The number of barbiturate groups is 1. The second-order valence-corrected chi connectivity index (χ2v) is 6.73. The maximum atomic E-state index is 13.1. The molecule has 1 N–H and O–H groups in total. The van der Waals surface area contributed by atoms with Crippen LogP contribution in [-0.4, -0.2) is 38.2 Å². The molecule has 0 spiro atoms. The molecule has 0 bridgehead atoms. The topological polar surface area (TPSA) is 94.2 Å². The Bertz CT molecular complexity index is 1070. The maximum Gasteiger partial charge on any atom is 0.336 e. The van der Waals surface area contributed by atoms with Crippen LogP contribution in [0.4, 0.5) is 10.5 Å². The molecule has 1 aliphatic rings. The fourth-order valence-electron chi connectivity index (χ4n) is 3.07. The Hall–Kier alpha value is -3.52. The number of urea groups is 1. The first-order chi connectivity index (χ1) is 14.9. The highest BCUT2D eigenvalue weighted by Crippen LogP contribution is 2.37. The Morgan fingerprint density at radius 3 is 2.42 bits per heavy atom. The highest BCUT2D eigenvalue weighted by Gasteiger charge is 2.38. The molecule has 1 aliphatic heterocycles. The van der Waals surface area contributed by atoms with Crippen molar-refractivity contribution in [1.82, 2.24) is 5.32 Å². The molecule has 0 unspecified atom stereocenters. The van der Waals surface area contributed by atoms with Crippen LogP contribution in [0.2, 0.25) is 5.02 Å². The molecule has 1 heterocycles. The van der Waals surface area contributed by atoms with Crippen LogP contribution in [0.15, 0.2) is 42.0 Å². The number of nitrogens with one attached hydrogen (secondary N) is 1. The predicted octanol–water partition coefficient (Wildman–Crippen LogP) is 3.81. The number of nitrogens with zero attached hydrogens (tertiary/aromatic N) is 1. The Morgan fingerprint density at radius 1 is 1.03 bits per heavy atom. The number of para-hydroxylation sites is 2. The molecule has 8 nitrogen and oxygen atoms in total. The second-order valence-electron chi connectivity index (χ2n) is 6.33. The fraction of sp³-hybridized carbons (Fsp3) is 0.227. The lowest BCUT2D eigenvalue weighted by atomic mass is 10.1. The van der Waals surface area contributed by atoms with Crippen molar-refractivity contribution >= 4 is 41.2 Å². The van der Waals surface area contributed by atoms with E-state index >= 15 is 0 Å². The molecule has 9 heteroatoms. The van der Waals surface area contributed by atoms with Crippen LogP contribution in [0.3, 0.4) is 0 Å². The number of benzene rings is 2. The average Bonchev–Trinajstić information content (AvgIpc) is 2.74. The number of amides is 4. The quantitative estimate of drug-likeness (QED) is 0.515. The van der Waals surface area contributed by atoms with E-state index in [1.54, 1.807) is 37.3 Å². The van der Waals surface area contributed by atoms with Crippen LogP contribution in [-0.2, 0) is 9.59 Å². The number of carbonyl (C=O) groups excluding carboxylic acids is 3. The van der Waals surface area contributed by atoms with E-state index in [0.29, 0.717) is 36.0 Å². The lowest BCUT2D eigenvalue weighted by Crippen LogP contribution is -2.54. The zero-order valence-electron chi connectivity index (χ0n) is 17.2. The van der Waals surface area contributed by atoms with E-state index in [9.17, 15) is 14.4 Å². The van der Waals surface area contributed by atoms with Gasteiger partial charge in [0.25, 0.3) is 11.8 Å². The molecule has 2 aromatic rings.